The molecule has 0 aliphatic carbocycles. The summed E-state index contributed by atoms with van der Waals surface area (Å²) in [5.41, 5.74) is 1.85. The van der Waals surface area contributed by atoms with Crippen molar-refractivity contribution < 1.29 is 14.6 Å². The molecule has 0 radical (unpaired) electrons. The molecule has 26 heavy (non-hydrogen) atoms. The van der Waals surface area contributed by atoms with Gasteiger partial charge in [0, 0.05) is 18.0 Å². The normalized spacial score (nSPS) is 15.9. The highest BCUT2D eigenvalue weighted by Gasteiger charge is 2.31. The van der Waals surface area contributed by atoms with Gasteiger partial charge in [0.05, 0.1) is 12.0 Å². The molecule has 3 N–H and O–H groups in total. The van der Waals surface area contributed by atoms with Crippen LogP contribution < -0.4 is 15.4 Å². The number of methoxy groups -OCH3 is 1. The van der Waals surface area contributed by atoms with Crippen LogP contribution in [0.1, 0.15) is 22.8 Å². The van der Waals surface area contributed by atoms with Crippen molar-refractivity contribution in [3.05, 3.63) is 59.0 Å². The molecule has 2 heterocycles. The number of ether oxygens (including phenoxy) is 1. The highest BCUT2D eigenvalue weighted by Crippen LogP contribution is 2.44. The molecule has 4 rings (SSSR count). The van der Waals surface area contributed by atoms with E-state index in [0.29, 0.717) is 18.0 Å². The van der Waals surface area contributed by atoms with Crippen molar-refractivity contribution in [2.45, 2.75) is 12.3 Å². The molecular weight excluding hydrogens is 350 g/mol. The summed E-state index contributed by atoms with van der Waals surface area (Å²) in [4.78, 5) is 17.7. The summed E-state index contributed by atoms with van der Waals surface area (Å²) in [5, 5.41) is 16.7. The molecule has 7 heteroatoms. The molecule has 0 saturated heterocycles. The number of fused-ring (bicyclic) bond motifs is 1. The zero-order valence-electron chi connectivity index (χ0n) is 14.0. The second-order valence-corrected chi connectivity index (χ2v) is 6.99. The van der Waals surface area contributed by atoms with Crippen LogP contribution in [0.25, 0.3) is 0 Å². The minimum Gasteiger partial charge on any atom is -0.504 e. The van der Waals surface area contributed by atoms with Crippen LogP contribution in [0.3, 0.4) is 0 Å². The van der Waals surface area contributed by atoms with E-state index in [1.165, 1.54) is 18.4 Å². The van der Waals surface area contributed by atoms with Crippen LogP contribution in [0.5, 0.6) is 11.5 Å². The van der Waals surface area contributed by atoms with Crippen LogP contribution in [0, 0.1) is 0 Å². The van der Waals surface area contributed by atoms with Crippen LogP contribution in [0.2, 0.25) is 0 Å². The monoisotopic (exact) mass is 367 g/mol. The van der Waals surface area contributed by atoms with Crippen LogP contribution in [-0.4, -0.2) is 23.1 Å². The lowest BCUT2D eigenvalue weighted by molar-refractivity contribution is -0.116. The molecule has 0 bridgehead atoms. The van der Waals surface area contributed by atoms with E-state index in [0.717, 1.165) is 21.3 Å². The summed E-state index contributed by atoms with van der Waals surface area (Å²) in [6.07, 6.45) is 0.327. The van der Waals surface area contributed by atoms with Gasteiger partial charge in [-0.25, -0.2) is 4.98 Å². The van der Waals surface area contributed by atoms with Crippen LogP contribution >= 0.6 is 11.3 Å². The first kappa shape index (κ1) is 16.4. The third-order valence-corrected chi connectivity index (χ3v) is 5.33. The summed E-state index contributed by atoms with van der Waals surface area (Å²) >= 11 is 1.51. The van der Waals surface area contributed by atoms with E-state index < -0.39 is 0 Å². The lowest BCUT2D eigenvalue weighted by Crippen LogP contribution is -2.22. The second-order valence-electron chi connectivity index (χ2n) is 5.96. The van der Waals surface area contributed by atoms with E-state index in [2.05, 4.69) is 15.6 Å². The van der Waals surface area contributed by atoms with Gasteiger partial charge in [-0.15, -0.1) is 0 Å². The van der Waals surface area contributed by atoms with Gasteiger partial charge < -0.3 is 20.5 Å². The van der Waals surface area contributed by atoms with Crippen molar-refractivity contribution in [3.63, 3.8) is 0 Å². The number of carbonyl (C=O) groups is 1. The number of nitrogens with zero attached hydrogens (tertiary/aromatic N) is 1. The maximum Gasteiger partial charge on any atom is 0.226 e. The Morgan fingerprint density at radius 1 is 1.27 bits per heavy atom. The topological polar surface area (TPSA) is 83.5 Å². The average molecular weight is 367 g/mol. The van der Waals surface area contributed by atoms with Crippen LogP contribution in [0.4, 0.5) is 16.6 Å². The van der Waals surface area contributed by atoms with Crippen molar-refractivity contribution in [2.75, 3.05) is 17.7 Å². The van der Waals surface area contributed by atoms with Crippen LogP contribution in [0.15, 0.2) is 48.5 Å². The first-order valence-corrected chi connectivity index (χ1v) is 8.95. The molecule has 132 valence electrons. The van der Waals surface area contributed by atoms with Gasteiger partial charge in [0.1, 0.15) is 5.82 Å². The zero-order valence-corrected chi connectivity index (χ0v) is 14.8. The molecule has 2 aromatic carbocycles. The third kappa shape index (κ3) is 3.09. The number of para-hydroxylation sites is 1. The number of rotatable bonds is 4. The fraction of sp³-hybridized carbons (Fsp3) is 0.158. The fourth-order valence-corrected chi connectivity index (χ4v) is 4.07. The van der Waals surface area contributed by atoms with Crippen molar-refractivity contribution in [1.82, 2.24) is 4.98 Å². The largest absolute Gasteiger partial charge is 0.504 e. The molecule has 0 saturated carbocycles. The Balaban J connectivity index is 1.70. The van der Waals surface area contributed by atoms with E-state index in [1.807, 2.05) is 36.4 Å². The summed E-state index contributed by atoms with van der Waals surface area (Å²) in [7, 11) is 1.51. The summed E-state index contributed by atoms with van der Waals surface area (Å²) < 4.78 is 5.20. The Morgan fingerprint density at radius 3 is 2.85 bits per heavy atom. The molecule has 0 spiro atoms. The first-order valence-electron chi connectivity index (χ1n) is 8.13. The van der Waals surface area contributed by atoms with Gasteiger partial charge in [0.15, 0.2) is 16.6 Å². The molecular formula is C19H17N3O3S. The summed E-state index contributed by atoms with van der Waals surface area (Å²) in [5.74, 6) is 0.847. The third-order valence-electron chi connectivity index (χ3n) is 4.25. The second kappa shape index (κ2) is 6.68. The number of phenolic OH excluding ortho intramolecular Hbond substituents is 1. The predicted molar refractivity (Wildman–Crippen MR) is 102 cm³/mol. The Bertz CT molecular complexity index is 956. The van der Waals surface area contributed by atoms with Gasteiger partial charge >= 0.3 is 0 Å². The summed E-state index contributed by atoms with van der Waals surface area (Å²) in [6.45, 7) is 0. The first-order chi connectivity index (χ1) is 12.6. The van der Waals surface area contributed by atoms with E-state index in [1.54, 1.807) is 12.1 Å². The highest BCUT2D eigenvalue weighted by molar-refractivity contribution is 7.16. The minimum absolute atomic E-state index is 0.0764. The van der Waals surface area contributed by atoms with Gasteiger partial charge in [-0.3, -0.25) is 4.79 Å². The number of benzene rings is 2. The number of carbonyl (C=O) groups excluding carboxylic acids is 1. The number of thiazole rings is 1. The van der Waals surface area contributed by atoms with Crippen molar-refractivity contribution >= 4 is 33.9 Å². The number of hydrogen-bond acceptors (Lipinski definition) is 6. The number of hydrogen-bond donors (Lipinski definition) is 3. The smallest absolute Gasteiger partial charge is 0.226 e. The van der Waals surface area contributed by atoms with Gasteiger partial charge in [0.25, 0.3) is 0 Å². The van der Waals surface area contributed by atoms with E-state index in [4.69, 9.17) is 4.74 Å². The van der Waals surface area contributed by atoms with E-state index in [9.17, 15) is 9.90 Å². The van der Waals surface area contributed by atoms with Crippen molar-refractivity contribution in [2.24, 2.45) is 0 Å². The molecule has 1 aliphatic rings. The average Bonchev–Trinajstić information content (AvgIpc) is 3.04. The van der Waals surface area contributed by atoms with Gasteiger partial charge in [-0.1, -0.05) is 35.6 Å². The lowest BCUT2D eigenvalue weighted by atomic mass is 9.91. The Morgan fingerprint density at radius 2 is 2.08 bits per heavy atom. The number of amides is 1. The molecule has 1 atom stereocenters. The number of nitrogens with one attached hydrogen (secondary N) is 2. The molecule has 0 fully saturated rings. The fourth-order valence-electron chi connectivity index (χ4n) is 3.00. The Kier molecular flexibility index (Phi) is 4.22. The predicted octanol–water partition coefficient (Wildman–Crippen LogP) is 4.08. The van der Waals surface area contributed by atoms with Gasteiger partial charge in [-0.05, 0) is 29.8 Å². The number of aromatic nitrogens is 1. The molecule has 3 aromatic rings. The number of anilines is 3. The number of phenols is 1. The summed E-state index contributed by atoms with van der Waals surface area (Å²) in [6, 6.07) is 14.9. The molecule has 1 aliphatic heterocycles. The lowest BCUT2D eigenvalue weighted by Gasteiger charge is -2.22. The minimum atomic E-state index is -0.128. The van der Waals surface area contributed by atoms with Gasteiger partial charge in [-0.2, -0.15) is 0 Å². The van der Waals surface area contributed by atoms with Gasteiger partial charge in [0.2, 0.25) is 5.91 Å². The Labute approximate surface area is 154 Å². The molecule has 1 aromatic heterocycles. The van der Waals surface area contributed by atoms with E-state index in [-0.39, 0.29) is 17.6 Å². The SMILES string of the molecule is COc1cc(C2CC(=O)Nc3nc(Nc4ccccc4)sc32)ccc1O. The molecule has 1 amide bonds. The molecule has 6 nitrogen and oxygen atoms in total. The van der Waals surface area contributed by atoms with Crippen molar-refractivity contribution in [3.8, 4) is 11.5 Å². The maximum absolute atomic E-state index is 12.2. The standard InChI is InChI=1S/C19H17N3O3S/c1-25-15-9-11(7-8-14(15)23)13-10-16(24)21-18-17(13)26-19(22-18)20-12-5-3-2-4-6-12/h2-9,13,23H,10H2,1H3,(H,20,22)(H,21,24). The highest BCUT2D eigenvalue weighted by atomic mass is 32.1. The Hall–Kier alpha value is -3.06. The molecule has 1 unspecified atom stereocenters. The van der Waals surface area contributed by atoms with Crippen molar-refractivity contribution in [1.29, 1.82) is 0 Å². The number of aromatic hydroxyl groups is 1. The maximum atomic E-state index is 12.2. The van der Waals surface area contributed by atoms with E-state index >= 15 is 0 Å². The zero-order chi connectivity index (χ0) is 18.1. The van der Waals surface area contributed by atoms with Crippen LogP contribution in [-0.2, 0) is 4.79 Å². The quantitative estimate of drug-likeness (QED) is 0.647.